The lowest BCUT2D eigenvalue weighted by Crippen LogP contribution is -2.24. The van der Waals surface area contributed by atoms with E-state index >= 15 is 0 Å². The molecule has 140 valence electrons. The number of aliphatic hydroxyl groups is 1. The maximum absolute atomic E-state index is 13.8. The molecule has 1 aromatic heterocycles. The first kappa shape index (κ1) is 17.6. The van der Waals surface area contributed by atoms with Crippen LogP contribution in [0.4, 0.5) is 4.39 Å². The Morgan fingerprint density at radius 2 is 2.07 bits per heavy atom. The molecule has 2 heterocycles. The van der Waals surface area contributed by atoms with E-state index in [1.807, 2.05) is 17.0 Å². The first-order valence-corrected chi connectivity index (χ1v) is 8.80. The molecule has 1 fully saturated rings. The Bertz CT molecular complexity index is 959. The summed E-state index contributed by atoms with van der Waals surface area (Å²) in [5.74, 6) is 0.570. The zero-order valence-corrected chi connectivity index (χ0v) is 14.8. The quantitative estimate of drug-likeness (QED) is 0.735. The fraction of sp³-hybridized carbons (Fsp3) is 0.300. The van der Waals surface area contributed by atoms with Gasteiger partial charge in [-0.25, -0.2) is 4.39 Å². The van der Waals surface area contributed by atoms with Gasteiger partial charge in [0.05, 0.1) is 12.1 Å². The molecule has 1 aliphatic rings. The summed E-state index contributed by atoms with van der Waals surface area (Å²) in [6, 6.07) is 11.6. The molecule has 6 nitrogen and oxygen atoms in total. The second-order valence-corrected chi connectivity index (χ2v) is 6.88. The first-order chi connectivity index (χ1) is 13.0. The number of aromatic nitrogens is 2. The summed E-state index contributed by atoms with van der Waals surface area (Å²) in [6.45, 7) is 2.58. The molecular weight excluding hydrogens is 349 g/mol. The van der Waals surface area contributed by atoms with Crippen molar-refractivity contribution in [3.05, 3.63) is 65.3 Å². The smallest absolute Gasteiger partial charge is 0.244 e. The number of rotatable bonds is 4. The third kappa shape index (κ3) is 3.56. The summed E-state index contributed by atoms with van der Waals surface area (Å²) in [5.41, 5.74) is 1.85. The Balaban J connectivity index is 1.59. The maximum Gasteiger partial charge on any atom is 0.244 e. The van der Waals surface area contributed by atoms with Gasteiger partial charge < -0.3 is 14.7 Å². The molecule has 0 amide bonds. The summed E-state index contributed by atoms with van der Waals surface area (Å²) in [5, 5.41) is 24.1. The number of benzene rings is 2. The van der Waals surface area contributed by atoms with Crippen molar-refractivity contribution < 1.29 is 19.1 Å². The summed E-state index contributed by atoms with van der Waals surface area (Å²) >= 11 is 0. The van der Waals surface area contributed by atoms with Crippen LogP contribution in [0, 0.1) is 12.7 Å². The Kier molecular flexibility index (Phi) is 4.63. The number of aliphatic hydroxyl groups excluding tert-OH is 1. The first-order valence-electron chi connectivity index (χ1n) is 8.80. The molecule has 4 rings (SSSR count). The molecular formula is C20H20FN3O3. The van der Waals surface area contributed by atoms with E-state index in [0.717, 1.165) is 5.56 Å². The predicted octanol–water partition coefficient (Wildman–Crippen LogP) is 3.20. The summed E-state index contributed by atoms with van der Waals surface area (Å²) in [7, 11) is 0. The van der Waals surface area contributed by atoms with Crippen LogP contribution < -0.4 is 0 Å². The lowest BCUT2D eigenvalue weighted by Gasteiger charge is -2.21. The van der Waals surface area contributed by atoms with Crippen molar-refractivity contribution in [3.8, 4) is 17.1 Å². The lowest BCUT2D eigenvalue weighted by atomic mass is 10.1. The summed E-state index contributed by atoms with van der Waals surface area (Å²) in [4.78, 5) is 6.42. The topological polar surface area (TPSA) is 82.6 Å². The van der Waals surface area contributed by atoms with Crippen LogP contribution in [0.25, 0.3) is 11.4 Å². The zero-order valence-electron chi connectivity index (χ0n) is 14.8. The van der Waals surface area contributed by atoms with Gasteiger partial charge in [-0.3, -0.25) is 4.90 Å². The molecule has 3 aromatic rings. The molecule has 0 aliphatic carbocycles. The minimum atomic E-state index is -0.520. The largest absolute Gasteiger partial charge is 0.508 e. The molecule has 7 heteroatoms. The fourth-order valence-corrected chi connectivity index (χ4v) is 3.39. The molecule has 2 unspecified atom stereocenters. The van der Waals surface area contributed by atoms with Gasteiger partial charge in [0.15, 0.2) is 0 Å². The summed E-state index contributed by atoms with van der Waals surface area (Å²) < 4.78 is 19.2. The number of para-hydroxylation sites is 1. The molecule has 27 heavy (non-hydrogen) atoms. The van der Waals surface area contributed by atoms with Crippen molar-refractivity contribution in [1.29, 1.82) is 0 Å². The highest BCUT2D eigenvalue weighted by Gasteiger charge is 2.36. The standard InChI is InChI=1S/C20H20FN3O3/c1-12-6-7-13(8-16(12)21)19-22-20(27-23-19)17-9-15(25)11-24(17)10-14-4-2-3-5-18(14)26/h2-8,15,17,25-26H,9-11H2,1H3. The highest BCUT2D eigenvalue weighted by molar-refractivity contribution is 5.55. The van der Waals surface area contributed by atoms with Crippen LogP contribution in [0.1, 0.15) is 29.5 Å². The van der Waals surface area contributed by atoms with Crippen LogP contribution in [0.2, 0.25) is 0 Å². The fourth-order valence-electron chi connectivity index (χ4n) is 3.39. The van der Waals surface area contributed by atoms with Gasteiger partial charge in [-0.15, -0.1) is 0 Å². The monoisotopic (exact) mass is 369 g/mol. The highest BCUT2D eigenvalue weighted by Crippen LogP contribution is 2.34. The molecule has 1 aliphatic heterocycles. The second kappa shape index (κ2) is 7.09. The average molecular weight is 369 g/mol. The van der Waals surface area contributed by atoms with Crippen molar-refractivity contribution in [1.82, 2.24) is 15.0 Å². The number of aromatic hydroxyl groups is 1. The van der Waals surface area contributed by atoms with Gasteiger partial charge in [-0.1, -0.05) is 35.5 Å². The number of β-amino-alcohol motifs (C(OH)–C–C–N with tert-alkyl or cyclic N) is 1. The van der Waals surface area contributed by atoms with E-state index in [1.54, 1.807) is 31.2 Å². The summed E-state index contributed by atoms with van der Waals surface area (Å²) in [6.07, 6.45) is -0.0645. The van der Waals surface area contributed by atoms with E-state index in [1.165, 1.54) is 6.07 Å². The maximum atomic E-state index is 13.8. The number of hydrogen-bond donors (Lipinski definition) is 2. The lowest BCUT2D eigenvalue weighted by molar-refractivity contribution is 0.168. The van der Waals surface area contributed by atoms with Crippen molar-refractivity contribution in [2.24, 2.45) is 0 Å². The average Bonchev–Trinajstić information content (AvgIpc) is 3.26. The Hall–Kier alpha value is -2.77. The third-order valence-corrected chi connectivity index (χ3v) is 4.90. The molecule has 2 N–H and O–H groups in total. The van der Waals surface area contributed by atoms with E-state index in [0.29, 0.717) is 42.4 Å². The minimum Gasteiger partial charge on any atom is -0.508 e. The number of likely N-dealkylation sites (tertiary alicyclic amines) is 1. The molecule has 0 bridgehead atoms. The molecule has 0 saturated carbocycles. The number of phenols is 1. The normalized spacial score (nSPS) is 20.3. The van der Waals surface area contributed by atoms with E-state index in [9.17, 15) is 14.6 Å². The van der Waals surface area contributed by atoms with Crippen LogP contribution in [-0.4, -0.2) is 37.9 Å². The second-order valence-electron chi connectivity index (χ2n) is 6.88. The van der Waals surface area contributed by atoms with Gasteiger partial charge in [-0.05, 0) is 31.0 Å². The van der Waals surface area contributed by atoms with E-state index < -0.39 is 6.10 Å². The minimum absolute atomic E-state index is 0.207. The molecule has 0 spiro atoms. The Labute approximate surface area is 155 Å². The van der Waals surface area contributed by atoms with Crippen LogP contribution >= 0.6 is 0 Å². The van der Waals surface area contributed by atoms with Gasteiger partial charge in [0.2, 0.25) is 11.7 Å². The van der Waals surface area contributed by atoms with E-state index in [-0.39, 0.29) is 17.6 Å². The van der Waals surface area contributed by atoms with Crippen LogP contribution in [-0.2, 0) is 6.54 Å². The third-order valence-electron chi connectivity index (χ3n) is 4.90. The van der Waals surface area contributed by atoms with Crippen molar-refractivity contribution in [2.45, 2.75) is 32.0 Å². The SMILES string of the molecule is Cc1ccc(-c2noc(C3CC(O)CN3Cc3ccccc3O)n2)cc1F. The number of aryl methyl sites for hydroxylation is 1. The molecule has 2 atom stereocenters. The highest BCUT2D eigenvalue weighted by atomic mass is 19.1. The Morgan fingerprint density at radius 3 is 2.85 bits per heavy atom. The number of phenolic OH excluding ortho intramolecular Hbond substituents is 1. The number of halogens is 1. The molecule has 2 aromatic carbocycles. The molecule has 1 saturated heterocycles. The predicted molar refractivity (Wildman–Crippen MR) is 96.3 cm³/mol. The van der Waals surface area contributed by atoms with Crippen LogP contribution in [0.5, 0.6) is 5.75 Å². The van der Waals surface area contributed by atoms with Gasteiger partial charge in [-0.2, -0.15) is 4.98 Å². The van der Waals surface area contributed by atoms with E-state index in [2.05, 4.69) is 10.1 Å². The number of nitrogens with zero attached hydrogens (tertiary/aromatic N) is 3. The zero-order chi connectivity index (χ0) is 19.0. The van der Waals surface area contributed by atoms with Crippen molar-refractivity contribution in [3.63, 3.8) is 0 Å². The van der Waals surface area contributed by atoms with Gasteiger partial charge in [0.1, 0.15) is 11.6 Å². The van der Waals surface area contributed by atoms with Gasteiger partial charge in [0.25, 0.3) is 0 Å². The van der Waals surface area contributed by atoms with E-state index in [4.69, 9.17) is 4.52 Å². The number of hydrogen-bond acceptors (Lipinski definition) is 6. The van der Waals surface area contributed by atoms with Crippen LogP contribution in [0.3, 0.4) is 0 Å². The van der Waals surface area contributed by atoms with Crippen molar-refractivity contribution in [2.75, 3.05) is 6.54 Å². The molecule has 0 radical (unpaired) electrons. The Morgan fingerprint density at radius 1 is 1.26 bits per heavy atom. The van der Waals surface area contributed by atoms with Crippen LogP contribution in [0.15, 0.2) is 47.0 Å². The van der Waals surface area contributed by atoms with Crippen molar-refractivity contribution >= 4 is 0 Å². The van der Waals surface area contributed by atoms with Gasteiger partial charge in [0, 0.05) is 24.2 Å². The van der Waals surface area contributed by atoms with Gasteiger partial charge >= 0.3 is 0 Å².